The number of nitrogens with zero attached hydrogens (tertiary/aromatic N) is 3. The summed E-state index contributed by atoms with van der Waals surface area (Å²) in [6, 6.07) is 10.6. The average Bonchev–Trinajstić information content (AvgIpc) is 3.15. The van der Waals surface area contributed by atoms with E-state index in [4.69, 9.17) is 0 Å². The fourth-order valence-corrected chi connectivity index (χ4v) is 2.82. The van der Waals surface area contributed by atoms with Crippen molar-refractivity contribution in [3.8, 4) is 16.3 Å². The van der Waals surface area contributed by atoms with E-state index in [0.29, 0.717) is 6.04 Å². The monoisotopic (exact) mass is 298 g/mol. The van der Waals surface area contributed by atoms with E-state index < -0.39 is 0 Å². The van der Waals surface area contributed by atoms with Crippen LogP contribution in [0.2, 0.25) is 0 Å². The number of hydrogen-bond acceptors (Lipinski definition) is 4. The zero-order valence-electron chi connectivity index (χ0n) is 12.2. The second-order valence-corrected chi connectivity index (χ2v) is 6.29. The van der Waals surface area contributed by atoms with Crippen molar-refractivity contribution < 1.29 is 0 Å². The van der Waals surface area contributed by atoms with Crippen molar-refractivity contribution >= 4 is 11.3 Å². The van der Waals surface area contributed by atoms with Crippen LogP contribution in [0.25, 0.3) is 16.3 Å². The van der Waals surface area contributed by atoms with Gasteiger partial charge in [-0.1, -0.05) is 32.0 Å². The number of hydrogen-bond donors (Lipinski definition) is 1. The number of rotatable bonds is 5. The first-order chi connectivity index (χ1) is 10.2. The molecule has 5 heteroatoms. The van der Waals surface area contributed by atoms with Crippen molar-refractivity contribution in [1.82, 2.24) is 20.1 Å². The van der Waals surface area contributed by atoms with Gasteiger partial charge in [0.15, 0.2) is 0 Å². The largest absolute Gasteiger partial charge is 0.310 e. The van der Waals surface area contributed by atoms with E-state index in [0.717, 1.165) is 22.8 Å². The number of thiazole rings is 1. The zero-order valence-corrected chi connectivity index (χ0v) is 13.0. The molecule has 4 nitrogen and oxygen atoms in total. The van der Waals surface area contributed by atoms with Gasteiger partial charge >= 0.3 is 0 Å². The van der Waals surface area contributed by atoms with E-state index in [-0.39, 0.29) is 0 Å². The molecular weight excluding hydrogens is 280 g/mol. The Balaban J connectivity index is 1.77. The molecule has 3 rings (SSSR count). The van der Waals surface area contributed by atoms with Crippen molar-refractivity contribution in [3.05, 3.63) is 53.8 Å². The van der Waals surface area contributed by atoms with Crippen LogP contribution in [-0.2, 0) is 6.54 Å². The minimum absolute atomic E-state index is 0.483. The summed E-state index contributed by atoms with van der Waals surface area (Å²) in [6.07, 6.45) is 5.83. The first-order valence-electron chi connectivity index (χ1n) is 7.01. The van der Waals surface area contributed by atoms with Crippen LogP contribution in [0, 0.1) is 0 Å². The van der Waals surface area contributed by atoms with Crippen LogP contribution in [0.4, 0.5) is 0 Å². The highest BCUT2D eigenvalue weighted by atomic mass is 32.1. The van der Waals surface area contributed by atoms with Gasteiger partial charge in [0.1, 0.15) is 5.01 Å². The molecular formula is C16H18N4S. The summed E-state index contributed by atoms with van der Waals surface area (Å²) in [5.74, 6) is 0. The molecule has 0 atom stereocenters. The Morgan fingerprint density at radius 2 is 2.00 bits per heavy atom. The predicted octanol–water partition coefficient (Wildman–Crippen LogP) is 3.49. The van der Waals surface area contributed by atoms with Crippen LogP contribution in [0.1, 0.15) is 18.7 Å². The van der Waals surface area contributed by atoms with Gasteiger partial charge < -0.3 is 5.32 Å². The molecule has 3 aromatic rings. The van der Waals surface area contributed by atoms with E-state index in [2.05, 4.69) is 29.2 Å². The molecule has 0 spiro atoms. The molecule has 0 amide bonds. The molecule has 0 aliphatic rings. The van der Waals surface area contributed by atoms with Crippen LogP contribution < -0.4 is 5.32 Å². The third-order valence-corrected chi connectivity index (χ3v) is 4.13. The Hall–Kier alpha value is -1.98. The molecule has 0 fully saturated rings. The molecule has 0 bridgehead atoms. The molecule has 0 saturated carbocycles. The van der Waals surface area contributed by atoms with Crippen LogP contribution in [0.3, 0.4) is 0 Å². The number of nitrogens with one attached hydrogen (secondary N) is 1. The van der Waals surface area contributed by atoms with Gasteiger partial charge in [0.05, 0.1) is 11.9 Å². The lowest BCUT2D eigenvalue weighted by atomic mass is 10.3. The number of para-hydroxylation sites is 1. The van der Waals surface area contributed by atoms with Gasteiger partial charge in [0.25, 0.3) is 0 Å². The molecule has 0 radical (unpaired) electrons. The second kappa shape index (κ2) is 6.20. The molecule has 0 unspecified atom stereocenters. The topological polar surface area (TPSA) is 42.7 Å². The Kier molecular flexibility index (Phi) is 4.13. The predicted molar refractivity (Wildman–Crippen MR) is 86.6 cm³/mol. The first-order valence-corrected chi connectivity index (χ1v) is 7.82. The lowest BCUT2D eigenvalue weighted by molar-refractivity contribution is 0.593. The highest BCUT2D eigenvalue weighted by molar-refractivity contribution is 7.15. The number of benzene rings is 1. The Labute approximate surface area is 128 Å². The van der Waals surface area contributed by atoms with Gasteiger partial charge in [-0.15, -0.1) is 11.3 Å². The molecule has 21 heavy (non-hydrogen) atoms. The van der Waals surface area contributed by atoms with Gasteiger partial charge in [0.2, 0.25) is 0 Å². The summed E-state index contributed by atoms with van der Waals surface area (Å²) >= 11 is 1.71. The normalized spacial score (nSPS) is 11.2. The molecule has 108 valence electrons. The molecule has 0 aliphatic carbocycles. The van der Waals surface area contributed by atoms with Gasteiger partial charge in [-0.3, -0.25) is 0 Å². The standard InChI is InChI=1S/C16H18N4S/c1-12(2)17-9-15-10-18-16(21-15)13-8-19-20(11-13)14-6-4-3-5-7-14/h3-8,10-12,17H,9H2,1-2H3. The van der Waals surface area contributed by atoms with E-state index >= 15 is 0 Å². The van der Waals surface area contributed by atoms with Crippen molar-refractivity contribution in [1.29, 1.82) is 0 Å². The maximum absolute atomic E-state index is 4.50. The summed E-state index contributed by atoms with van der Waals surface area (Å²) < 4.78 is 1.88. The minimum atomic E-state index is 0.483. The highest BCUT2D eigenvalue weighted by Crippen LogP contribution is 2.25. The van der Waals surface area contributed by atoms with Gasteiger partial charge in [-0.25, -0.2) is 9.67 Å². The van der Waals surface area contributed by atoms with Crippen molar-refractivity contribution in [3.63, 3.8) is 0 Å². The lowest BCUT2D eigenvalue weighted by Gasteiger charge is -2.04. The zero-order chi connectivity index (χ0) is 14.7. The summed E-state index contributed by atoms with van der Waals surface area (Å²) in [5.41, 5.74) is 2.11. The smallest absolute Gasteiger partial charge is 0.126 e. The maximum Gasteiger partial charge on any atom is 0.126 e. The first kappa shape index (κ1) is 14.0. The van der Waals surface area contributed by atoms with Crippen LogP contribution in [0.5, 0.6) is 0 Å². The summed E-state index contributed by atoms with van der Waals surface area (Å²) in [4.78, 5) is 5.74. The third-order valence-electron chi connectivity index (χ3n) is 3.09. The van der Waals surface area contributed by atoms with Gasteiger partial charge in [-0.05, 0) is 12.1 Å². The molecule has 1 N–H and O–H groups in total. The highest BCUT2D eigenvalue weighted by Gasteiger charge is 2.08. The molecule has 0 saturated heterocycles. The molecule has 2 aromatic heterocycles. The van der Waals surface area contributed by atoms with Crippen LogP contribution in [0.15, 0.2) is 48.9 Å². The second-order valence-electron chi connectivity index (χ2n) is 5.18. The Bertz CT molecular complexity index is 700. The van der Waals surface area contributed by atoms with E-state index in [1.807, 2.05) is 53.6 Å². The van der Waals surface area contributed by atoms with Crippen molar-refractivity contribution in [2.45, 2.75) is 26.4 Å². The van der Waals surface area contributed by atoms with E-state index in [9.17, 15) is 0 Å². The molecule has 0 aliphatic heterocycles. The number of aromatic nitrogens is 3. The van der Waals surface area contributed by atoms with Crippen LogP contribution in [-0.4, -0.2) is 20.8 Å². The van der Waals surface area contributed by atoms with E-state index in [1.165, 1.54) is 4.88 Å². The molecule has 2 heterocycles. The lowest BCUT2D eigenvalue weighted by Crippen LogP contribution is -2.21. The summed E-state index contributed by atoms with van der Waals surface area (Å²) in [5, 5.41) is 8.83. The quantitative estimate of drug-likeness (QED) is 0.784. The van der Waals surface area contributed by atoms with Gasteiger partial charge in [-0.2, -0.15) is 5.10 Å². The Morgan fingerprint density at radius 1 is 1.19 bits per heavy atom. The fourth-order valence-electron chi connectivity index (χ4n) is 1.98. The third kappa shape index (κ3) is 3.37. The SMILES string of the molecule is CC(C)NCc1cnc(-c2cnn(-c3ccccc3)c2)s1. The molecule has 1 aromatic carbocycles. The fraction of sp³-hybridized carbons (Fsp3) is 0.250. The Morgan fingerprint density at radius 3 is 2.76 bits per heavy atom. The summed E-state index contributed by atoms with van der Waals surface area (Å²) in [7, 11) is 0. The van der Waals surface area contributed by atoms with Gasteiger partial charge in [0, 0.05) is 35.4 Å². The van der Waals surface area contributed by atoms with Crippen LogP contribution >= 0.6 is 11.3 Å². The summed E-state index contributed by atoms with van der Waals surface area (Å²) in [6.45, 7) is 5.15. The van der Waals surface area contributed by atoms with E-state index in [1.54, 1.807) is 11.3 Å². The van der Waals surface area contributed by atoms with Crippen molar-refractivity contribution in [2.75, 3.05) is 0 Å². The maximum atomic E-state index is 4.50. The van der Waals surface area contributed by atoms with Crippen molar-refractivity contribution in [2.24, 2.45) is 0 Å². The average molecular weight is 298 g/mol. The minimum Gasteiger partial charge on any atom is -0.310 e.